The molecule has 0 unspecified atom stereocenters. The van der Waals surface area contributed by atoms with E-state index < -0.39 is 121 Å². The molecule has 2 aromatic carbocycles. The number of benzene rings is 2. The van der Waals surface area contributed by atoms with E-state index in [9.17, 15) is 52.6 Å². The summed E-state index contributed by atoms with van der Waals surface area (Å²) in [6.07, 6.45) is 1.33. The summed E-state index contributed by atoms with van der Waals surface area (Å²) in [5, 5.41) is 29.0. The number of aromatic nitrogens is 1. The highest BCUT2D eigenvalue weighted by molar-refractivity contribution is 6.14. The average molecular weight is 907 g/mol. The summed E-state index contributed by atoms with van der Waals surface area (Å²) in [5.41, 5.74) is 5.94. The van der Waals surface area contributed by atoms with Crippen LogP contribution in [0.1, 0.15) is 63.8 Å². The fourth-order valence-corrected chi connectivity index (χ4v) is 7.10. The molecule has 65 heavy (non-hydrogen) atoms. The number of carbonyl (C=O) groups excluding carboxylic acids is 8. The number of amides is 8. The van der Waals surface area contributed by atoms with Gasteiger partial charge in [0.2, 0.25) is 35.4 Å². The Hall–Kier alpha value is -7.29. The molecule has 3 aromatic rings. The minimum atomic E-state index is -1.67. The number of imide groups is 1. The van der Waals surface area contributed by atoms with Crippen LogP contribution in [0.5, 0.6) is 0 Å². The van der Waals surface area contributed by atoms with Crippen molar-refractivity contribution < 1.29 is 62.1 Å². The number of nitrogens with zero attached hydrogens (tertiary/aromatic N) is 3. The lowest BCUT2D eigenvalue weighted by Gasteiger charge is -2.41. The Morgan fingerprint density at radius 2 is 1.49 bits per heavy atom. The third-order valence-corrected chi connectivity index (χ3v) is 10.1. The average Bonchev–Trinajstić information content (AvgIpc) is 3.79. The van der Waals surface area contributed by atoms with E-state index in [0.29, 0.717) is 10.6 Å². The second kappa shape index (κ2) is 22.9. The summed E-state index contributed by atoms with van der Waals surface area (Å²) in [6, 6.07) is 9.56. The summed E-state index contributed by atoms with van der Waals surface area (Å²) in [6.45, 7) is 3.17. The van der Waals surface area contributed by atoms with Crippen molar-refractivity contribution in [2.45, 2.75) is 71.1 Å². The first-order valence-electron chi connectivity index (χ1n) is 20.5. The van der Waals surface area contributed by atoms with Gasteiger partial charge in [-0.1, -0.05) is 51.1 Å². The fraction of sp³-hybridized carbons (Fsp3) is 0.386. The molecule has 0 radical (unpaired) electrons. The van der Waals surface area contributed by atoms with Crippen molar-refractivity contribution in [2.75, 3.05) is 32.8 Å². The number of primary amides is 1. The maximum absolute atomic E-state index is 15.2. The van der Waals surface area contributed by atoms with Crippen molar-refractivity contribution >= 4 is 53.2 Å². The van der Waals surface area contributed by atoms with Crippen LogP contribution in [0.25, 0.3) is 11.1 Å². The molecular formula is C44H52F2N8O11. The Bertz CT molecular complexity index is 2290. The maximum Gasteiger partial charge on any atom is 0.303 e. The second-order valence-corrected chi connectivity index (χ2v) is 16.2. The first-order chi connectivity index (χ1) is 30.7. The van der Waals surface area contributed by atoms with Gasteiger partial charge in [-0.15, -0.1) is 0 Å². The number of hydrogen-bond donors (Lipinski definition) is 7. The molecule has 8 N–H and O–H groups in total. The van der Waals surface area contributed by atoms with Gasteiger partial charge in [-0.25, -0.2) is 8.78 Å². The minimum absolute atomic E-state index is 0.0583. The fourth-order valence-electron chi connectivity index (χ4n) is 7.10. The standard InChI is InChI=1S/C44H52F2N8O11/c1-44(2,3)41(33-19-27(29-20-28(45)9-10-30(29)46)23-52(33)22-26-7-5-4-6-8-26)53(39(61)25-55)18-15-31(51-43(65)32(21-34(47)56)50-35(57)11-14-40(62)63)42(64)49-17-16-48-36(58)24-54-37(59)12-13-38(54)60/h4-10,12-13,19-20,23,31-32,41,55H,11,14-18,21-22,24-25H2,1-3H3,(H2,47,56)(H,48,58)(H,49,64)(H,50,57)(H,51,65)(H,62,63)/t31-,32-,41-/m0/s1. The van der Waals surface area contributed by atoms with E-state index in [-0.39, 0.29) is 43.7 Å². The van der Waals surface area contributed by atoms with E-state index in [1.54, 1.807) is 37.6 Å². The molecule has 1 aromatic heterocycles. The van der Waals surface area contributed by atoms with Crippen LogP contribution < -0.4 is 27.0 Å². The third kappa shape index (κ3) is 14.6. The van der Waals surface area contributed by atoms with Crippen molar-refractivity contribution in [2.24, 2.45) is 11.1 Å². The number of hydrogen-bond acceptors (Lipinski definition) is 10. The molecular weight excluding hydrogens is 855 g/mol. The zero-order chi connectivity index (χ0) is 48.0. The third-order valence-electron chi connectivity index (χ3n) is 10.1. The predicted molar refractivity (Wildman–Crippen MR) is 227 cm³/mol. The summed E-state index contributed by atoms with van der Waals surface area (Å²) in [4.78, 5) is 115. The van der Waals surface area contributed by atoms with Crippen molar-refractivity contribution in [1.29, 1.82) is 0 Å². The quantitative estimate of drug-likeness (QED) is 0.0513. The molecule has 0 bridgehead atoms. The number of halogens is 2. The van der Waals surface area contributed by atoms with Crippen LogP contribution in [-0.4, -0.2) is 123 Å². The van der Waals surface area contributed by atoms with Crippen LogP contribution >= 0.6 is 0 Å². The number of carboxylic acid groups (broad SMARTS) is 1. The molecule has 0 saturated carbocycles. The lowest BCUT2D eigenvalue weighted by molar-refractivity contribution is -0.141. The molecule has 0 spiro atoms. The largest absolute Gasteiger partial charge is 0.481 e. The molecule has 0 fully saturated rings. The van der Waals surface area contributed by atoms with Gasteiger partial charge in [-0.05, 0) is 41.7 Å². The van der Waals surface area contributed by atoms with Crippen molar-refractivity contribution in [1.82, 2.24) is 35.6 Å². The highest BCUT2D eigenvalue weighted by atomic mass is 19.1. The van der Waals surface area contributed by atoms with E-state index in [0.717, 1.165) is 35.9 Å². The van der Waals surface area contributed by atoms with Crippen molar-refractivity contribution in [3.63, 3.8) is 0 Å². The van der Waals surface area contributed by atoms with E-state index in [2.05, 4.69) is 21.3 Å². The molecule has 2 heterocycles. The number of carbonyl (C=O) groups is 9. The number of aliphatic hydroxyl groups excluding tert-OH is 1. The Kier molecular flexibility index (Phi) is 17.7. The van der Waals surface area contributed by atoms with Crippen LogP contribution in [-0.2, 0) is 49.7 Å². The van der Waals surface area contributed by atoms with Gasteiger partial charge in [0.05, 0.1) is 18.9 Å². The highest BCUT2D eigenvalue weighted by Crippen LogP contribution is 2.41. The van der Waals surface area contributed by atoms with Crippen LogP contribution in [0.3, 0.4) is 0 Å². The van der Waals surface area contributed by atoms with Crippen molar-refractivity contribution in [3.05, 3.63) is 95.8 Å². The Labute approximate surface area is 372 Å². The van der Waals surface area contributed by atoms with E-state index in [1.165, 1.54) is 4.90 Å². The summed E-state index contributed by atoms with van der Waals surface area (Å²) >= 11 is 0. The van der Waals surface area contributed by atoms with E-state index >= 15 is 4.39 Å². The Balaban J connectivity index is 1.68. The van der Waals surface area contributed by atoms with Crippen molar-refractivity contribution in [3.8, 4) is 11.1 Å². The molecule has 348 valence electrons. The maximum atomic E-state index is 15.2. The van der Waals surface area contributed by atoms with Gasteiger partial charge in [-0.3, -0.25) is 48.1 Å². The number of rotatable bonds is 23. The number of nitrogens with one attached hydrogen (secondary N) is 4. The van der Waals surface area contributed by atoms with Gasteiger partial charge >= 0.3 is 5.97 Å². The first kappa shape index (κ1) is 50.4. The summed E-state index contributed by atoms with van der Waals surface area (Å²) in [5.74, 6) is -9.52. The summed E-state index contributed by atoms with van der Waals surface area (Å²) in [7, 11) is 0. The number of nitrogens with two attached hydrogens (primary N) is 1. The topological polar surface area (TPSA) is 280 Å². The van der Waals surface area contributed by atoms with Gasteiger partial charge < -0.3 is 46.7 Å². The zero-order valence-corrected chi connectivity index (χ0v) is 36.0. The second-order valence-electron chi connectivity index (χ2n) is 16.2. The molecule has 8 amide bonds. The SMILES string of the molecule is CC(C)(C)[C@H](c1cc(-c2cc(F)ccc2F)cn1Cc1ccccc1)N(CC[C@H](NC(=O)[C@H](CC(N)=O)NC(=O)CCC(=O)O)C(=O)NCCNC(=O)CN1C(=O)C=CC1=O)C(=O)CO. The van der Waals surface area contributed by atoms with Gasteiger partial charge in [0.15, 0.2) is 0 Å². The van der Waals surface area contributed by atoms with Gasteiger partial charge in [0.1, 0.15) is 36.9 Å². The molecule has 3 atom stereocenters. The molecule has 0 saturated heterocycles. The molecule has 1 aliphatic heterocycles. The zero-order valence-electron chi connectivity index (χ0n) is 36.0. The van der Waals surface area contributed by atoms with E-state index in [4.69, 9.17) is 10.8 Å². The number of aliphatic hydroxyl groups is 1. The van der Waals surface area contributed by atoms with Crippen LogP contribution in [0, 0.1) is 17.0 Å². The predicted octanol–water partition coefficient (Wildman–Crippen LogP) is 0.647. The molecule has 1 aliphatic rings. The highest BCUT2D eigenvalue weighted by Gasteiger charge is 2.38. The van der Waals surface area contributed by atoms with Gasteiger partial charge in [0, 0.05) is 67.8 Å². The van der Waals surface area contributed by atoms with Gasteiger partial charge in [0.25, 0.3) is 11.8 Å². The normalized spacial score (nSPS) is 13.7. The first-order valence-corrected chi connectivity index (χ1v) is 20.5. The van der Waals surface area contributed by atoms with Crippen LogP contribution in [0.2, 0.25) is 0 Å². The smallest absolute Gasteiger partial charge is 0.303 e. The Morgan fingerprint density at radius 3 is 2.11 bits per heavy atom. The monoisotopic (exact) mass is 906 g/mol. The molecule has 0 aliphatic carbocycles. The minimum Gasteiger partial charge on any atom is -0.481 e. The molecule has 4 rings (SSSR count). The molecule has 21 heteroatoms. The molecule has 19 nitrogen and oxygen atoms in total. The Morgan fingerprint density at radius 1 is 0.831 bits per heavy atom. The van der Waals surface area contributed by atoms with E-state index in [1.807, 2.05) is 30.3 Å². The lowest BCUT2D eigenvalue weighted by atomic mass is 9.82. The number of carboxylic acids is 1. The number of aliphatic carboxylic acids is 1. The lowest BCUT2D eigenvalue weighted by Crippen LogP contribution is -2.56. The van der Waals surface area contributed by atoms with Gasteiger partial charge in [-0.2, -0.15) is 0 Å². The summed E-state index contributed by atoms with van der Waals surface area (Å²) < 4.78 is 31.5. The van der Waals surface area contributed by atoms with Crippen LogP contribution in [0.4, 0.5) is 8.78 Å². The van der Waals surface area contributed by atoms with Crippen LogP contribution in [0.15, 0.2) is 72.9 Å².